The number of hydrogen-bond donors (Lipinski definition) is 2. The molecule has 0 spiro atoms. The molecule has 0 saturated carbocycles. The van der Waals surface area contributed by atoms with Crippen LogP contribution in [0, 0.1) is 6.92 Å². The summed E-state index contributed by atoms with van der Waals surface area (Å²) in [5, 5.41) is 2.97. The molecular formula is C11H18BrClN2O2S. The Kier molecular flexibility index (Phi) is 8.05. The van der Waals surface area contributed by atoms with Gasteiger partial charge in [0.2, 0.25) is 10.0 Å². The van der Waals surface area contributed by atoms with Crippen LogP contribution in [-0.2, 0) is 10.0 Å². The maximum atomic E-state index is 11.9. The van der Waals surface area contributed by atoms with Gasteiger partial charge in [-0.25, -0.2) is 13.1 Å². The normalized spacial score (nSPS) is 11.1. The Labute approximate surface area is 123 Å². The summed E-state index contributed by atoms with van der Waals surface area (Å²) in [6, 6.07) is 5.14. The average molecular weight is 358 g/mol. The van der Waals surface area contributed by atoms with Crippen molar-refractivity contribution in [2.24, 2.45) is 0 Å². The fourth-order valence-corrected chi connectivity index (χ4v) is 3.38. The maximum Gasteiger partial charge on any atom is 0.240 e. The Morgan fingerprint density at radius 3 is 2.44 bits per heavy atom. The lowest BCUT2D eigenvalue weighted by molar-refractivity contribution is 0.577. The molecule has 0 aromatic heterocycles. The topological polar surface area (TPSA) is 58.2 Å². The van der Waals surface area contributed by atoms with Crippen LogP contribution >= 0.6 is 28.3 Å². The van der Waals surface area contributed by atoms with Gasteiger partial charge in [-0.3, -0.25) is 0 Å². The van der Waals surface area contributed by atoms with Gasteiger partial charge in [-0.05, 0) is 50.7 Å². The summed E-state index contributed by atoms with van der Waals surface area (Å²) < 4.78 is 27.2. The first-order chi connectivity index (χ1) is 7.95. The zero-order chi connectivity index (χ0) is 12.9. The van der Waals surface area contributed by atoms with Gasteiger partial charge < -0.3 is 5.32 Å². The third kappa shape index (κ3) is 5.67. The number of rotatable bonds is 6. The van der Waals surface area contributed by atoms with Crippen molar-refractivity contribution >= 4 is 38.4 Å². The molecule has 0 heterocycles. The number of hydrogen-bond acceptors (Lipinski definition) is 3. The predicted octanol–water partition coefficient (Wildman–Crippen LogP) is 2.07. The number of nitrogens with one attached hydrogen (secondary N) is 2. The highest BCUT2D eigenvalue weighted by Crippen LogP contribution is 2.18. The average Bonchev–Trinajstić information content (AvgIpc) is 2.23. The van der Waals surface area contributed by atoms with Gasteiger partial charge in [0, 0.05) is 11.0 Å². The van der Waals surface area contributed by atoms with Crippen molar-refractivity contribution in [2.45, 2.75) is 18.2 Å². The molecule has 2 N–H and O–H groups in total. The third-order valence-electron chi connectivity index (χ3n) is 2.22. The van der Waals surface area contributed by atoms with E-state index in [4.69, 9.17) is 0 Å². The smallest absolute Gasteiger partial charge is 0.240 e. The van der Waals surface area contributed by atoms with Gasteiger partial charge in [-0.15, -0.1) is 12.4 Å². The zero-order valence-corrected chi connectivity index (χ0v) is 13.6. The molecule has 0 aliphatic carbocycles. The SMILES string of the molecule is CNCCCNS(=O)(=O)c1cc(C)cc(Br)c1.Cl. The van der Waals surface area contributed by atoms with E-state index in [1.54, 1.807) is 12.1 Å². The van der Waals surface area contributed by atoms with Crippen molar-refractivity contribution in [2.75, 3.05) is 20.1 Å². The van der Waals surface area contributed by atoms with Crippen molar-refractivity contribution in [3.05, 3.63) is 28.2 Å². The summed E-state index contributed by atoms with van der Waals surface area (Å²) in [5.41, 5.74) is 0.912. The van der Waals surface area contributed by atoms with E-state index in [0.717, 1.165) is 23.0 Å². The van der Waals surface area contributed by atoms with E-state index < -0.39 is 10.0 Å². The standard InChI is InChI=1S/C11H17BrN2O2S.ClH/c1-9-6-10(12)8-11(7-9)17(15,16)14-5-3-4-13-2;/h6-8,13-14H,3-5H2,1-2H3;1H. The van der Waals surface area contributed by atoms with E-state index in [1.165, 1.54) is 0 Å². The van der Waals surface area contributed by atoms with E-state index >= 15 is 0 Å². The highest BCUT2D eigenvalue weighted by Gasteiger charge is 2.13. The number of aryl methyl sites for hydroxylation is 1. The molecule has 0 aliphatic heterocycles. The van der Waals surface area contributed by atoms with Crippen LogP contribution < -0.4 is 10.0 Å². The second-order valence-electron chi connectivity index (χ2n) is 3.82. The Hall–Kier alpha value is -0.140. The Bertz CT molecular complexity index is 460. The fraction of sp³-hybridized carbons (Fsp3) is 0.455. The summed E-state index contributed by atoms with van der Waals surface area (Å²) in [5.74, 6) is 0. The van der Waals surface area contributed by atoms with Gasteiger partial charge in [0.25, 0.3) is 0 Å². The third-order valence-corrected chi connectivity index (χ3v) is 4.12. The van der Waals surface area contributed by atoms with Gasteiger partial charge in [0.1, 0.15) is 0 Å². The monoisotopic (exact) mass is 356 g/mol. The Morgan fingerprint density at radius 2 is 1.89 bits per heavy atom. The first-order valence-electron chi connectivity index (χ1n) is 5.37. The Morgan fingerprint density at radius 1 is 1.22 bits per heavy atom. The number of sulfonamides is 1. The second kappa shape index (κ2) is 8.12. The second-order valence-corrected chi connectivity index (χ2v) is 6.50. The molecule has 7 heteroatoms. The molecule has 1 aromatic carbocycles. The summed E-state index contributed by atoms with van der Waals surface area (Å²) in [7, 11) is -1.55. The Balaban J connectivity index is 0.00000289. The molecule has 4 nitrogen and oxygen atoms in total. The highest BCUT2D eigenvalue weighted by atomic mass is 79.9. The molecule has 0 amide bonds. The summed E-state index contributed by atoms with van der Waals surface area (Å²) >= 11 is 3.30. The summed E-state index contributed by atoms with van der Waals surface area (Å²) in [4.78, 5) is 0.300. The van der Waals surface area contributed by atoms with E-state index in [0.29, 0.717) is 11.4 Å². The highest BCUT2D eigenvalue weighted by molar-refractivity contribution is 9.10. The van der Waals surface area contributed by atoms with Crippen molar-refractivity contribution < 1.29 is 8.42 Å². The van der Waals surface area contributed by atoms with E-state index in [1.807, 2.05) is 20.0 Å². The summed E-state index contributed by atoms with van der Waals surface area (Å²) in [6.45, 7) is 3.10. The molecule has 0 saturated heterocycles. The largest absolute Gasteiger partial charge is 0.320 e. The lowest BCUT2D eigenvalue weighted by Crippen LogP contribution is -2.26. The molecule has 1 aromatic rings. The lowest BCUT2D eigenvalue weighted by Gasteiger charge is -2.08. The van der Waals surface area contributed by atoms with E-state index in [-0.39, 0.29) is 12.4 Å². The van der Waals surface area contributed by atoms with Gasteiger partial charge in [-0.1, -0.05) is 15.9 Å². The molecule has 0 unspecified atom stereocenters. The van der Waals surface area contributed by atoms with Crippen molar-refractivity contribution in [3.8, 4) is 0 Å². The molecule has 0 radical (unpaired) electrons. The van der Waals surface area contributed by atoms with Crippen molar-refractivity contribution in [3.63, 3.8) is 0 Å². The first kappa shape index (κ1) is 17.9. The van der Waals surface area contributed by atoms with Crippen LogP contribution in [0.2, 0.25) is 0 Å². The van der Waals surface area contributed by atoms with E-state index in [9.17, 15) is 8.42 Å². The molecule has 0 aliphatic rings. The quantitative estimate of drug-likeness (QED) is 0.766. The van der Waals surface area contributed by atoms with Crippen LogP contribution in [0.25, 0.3) is 0 Å². The molecule has 0 atom stereocenters. The van der Waals surface area contributed by atoms with Gasteiger partial charge in [0.15, 0.2) is 0 Å². The van der Waals surface area contributed by atoms with E-state index in [2.05, 4.69) is 26.0 Å². The predicted molar refractivity (Wildman–Crippen MR) is 79.9 cm³/mol. The minimum atomic E-state index is -3.39. The van der Waals surface area contributed by atoms with Crippen LogP contribution in [0.1, 0.15) is 12.0 Å². The molecular weight excluding hydrogens is 340 g/mol. The van der Waals surface area contributed by atoms with Gasteiger partial charge in [-0.2, -0.15) is 0 Å². The number of benzene rings is 1. The van der Waals surface area contributed by atoms with Crippen LogP contribution in [-0.4, -0.2) is 28.6 Å². The zero-order valence-electron chi connectivity index (χ0n) is 10.4. The molecule has 1 rings (SSSR count). The minimum absolute atomic E-state index is 0. The van der Waals surface area contributed by atoms with Gasteiger partial charge >= 0.3 is 0 Å². The van der Waals surface area contributed by atoms with Crippen molar-refractivity contribution in [1.29, 1.82) is 0 Å². The van der Waals surface area contributed by atoms with Crippen LogP contribution in [0.3, 0.4) is 0 Å². The van der Waals surface area contributed by atoms with Gasteiger partial charge in [0.05, 0.1) is 4.90 Å². The first-order valence-corrected chi connectivity index (χ1v) is 7.65. The molecule has 104 valence electrons. The number of halogens is 2. The molecule has 0 fully saturated rings. The van der Waals surface area contributed by atoms with Crippen LogP contribution in [0.4, 0.5) is 0 Å². The van der Waals surface area contributed by atoms with Crippen molar-refractivity contribution in [1.82, 2.24) is 10.0 Å². The molecule has 18 heavy (non-hydrogen) atoms. The fourth-order valence-electron chi connectivity index (χ4n) is 1.41. The maximum absolute atomic E-state index is 11.9. The minimum Gasteiger partial charge on any atom is -0.320 e. The molecule has 0 bridgehead atoms. The lowest BCUT2D eigenvalue weighted by atomic mass is 10.2. The van der Waals surface area contributed by atoms with Crippen LogP contribution in [0.15, 0.2) is 27.6 Å². The summed E-state index contributed by atoms with van der Waals surface area (Å²) in [6.07, 6.45) is 0.767. The van der Waals surface area contributed by atoms with Crippen LogP contribution in [0.5, 0.6) is 0 Å².